The largest absolute Gasteiger partial charge is 0.484 e. The molecule has 0 radical (unpaired) electrons. The number of quaternary nitrogens is 1. The Morgan fingerprint density at radius 2 is 1.74 bits per heavy atom. The standard InChI is InChI=1S/C22H28N2O3/c1-17(2)19-5-9-21(10-6-19)27-16-22(25)23-20-7-3-18(4-8-20)15-24-11-13-26-14-12-24/h3-10,17H,11-16H2,1-2H3,(H,23,25)/p+1. The van der Waals surface area contributed by atoms with Gasteiger partial charge in [-0.1, -0.05) is 38.1 Å². The van der Waals surface area contributed by atoms with Crippen molar-refractivity contribution in [2.75, 3.05) is 38.2 Å². The molecule has 0 aliphatic carbocycles. The van der Waals surface area contributed by atoms with Crippen molar-refractivity contribution < 1.29 is 19.2 Å². The summed E-state index contributed by atoms with van der Waals surface area (Å²) in [5.41, 5.74) is 3.32. The monoisotopic (exact) mass is 369 g/mol. The molecule has 2 aromatic rings. The Kier molecular flexibility index (Phi) is 6.85. The van der Waals surface area contributed by atoms with Gasteiger partial charge in [-0.15, -0.1) is 0 Å². The highest BCUT2D eigenvalue weighted by Gasteiger charge is 2.14. The van der Waals surface area contributed by atoms with Crippen LogP contribution in [0.15, 0.2) is 48.5 Å². The van der Waals surface area contributed by atoms with Crippen LogP contribution in [0.4, 0.5) is 5.69 Å². The van der Waals surface area contributed by atoms with Gasteiger partial charge in [-0.25, -0.2) is 0 Å². The Morgan fingerprint density at radius 3 is 2.37 bits per heavy atom. The topological polar surface area (TPSA) is 52.0 Å². The fraction of sp³-hybridized carbons (Fsp3) is 0.409. The first-order valence-corrected chi connectivity index (χ1v) is 9.63. The molecule has 1 heterocycles. The predicted octanol–water partition coefficient (Wildman–Crippen LogP) is 2.24. The smallest absolute Gasteiger partial charge is 0.262 e. The molecule has 1 saturated heterocycles. The van der Waals surface area contributed by atoms with Gasteiger partial charge in [0.1, 0.15) is 25.4 Å². The van der Waals surface area contributed by atoms with E-state index in [4.69, 9.17) is 9.47 Å². The van der Waals surface area contributed by atoms with E-state index < -0.39 is 0 Å². The second-order valence-electron chi connectivity index (χ2n) is 7.30. The average molecular weight is 369 g/mol. The summed E-state index contributed by atoms with van der Waals surface area (Å²) in [6, 6.07) is 15.9. The molecule has 0 atom stereocenters. The van der Waals surface area contributed by atoms with Crippen molar-refractivity contribution >= 4 is 11.6 Å². The zero-order chi connectivity index (χ0) is 19.1. The van der Waals surface area contributed by atoms with Crippen LogP contribution >= 0.6 is 0 Å². The number of anilines is 1. The number of morpholine rings is 1. The van der Waals surface area contributed by atoms with Gasteiger partial charge in [0.2, 0.25) is 0 Å². The Morgan fingerprint density at radius 1 is 1.07 bits per heavy atom. The lowest BCUT2D eigenvalue weighted by molar-refractivity contribution is -0.921. The van der Waals surface area contributed by atoms with Gasteiger partial charge in [-0.3, -0.25) is 4.79 Å². The molecule has 2 aromatic carbocycles. The number of ether oxygens (including phenoxy) is 2. The summed E-state index contributed by atoms with van der Waals surface area (Å²) in [5, 5.41) is 2.88. The van der Waals surface area contributed by atoms with Crippen LogP contribution in [0, 0.1) is 0 Å². The van der Waals surface area contributed by atoms with Crippen LogP contribution in [0.25, 0.3) is 0 Å². The molecule has 0 bridgehead atoms. The molecule has 0 saturated carbocycles. The molecule has 0 unspecified atom stereocenters. The maximum atomic E-state index is 12.1. The normalized spacial score (nSPS) is 14.9. The van der Waals surface area contributed by atoms with E-state index >= 15 is 0 Å². The first kappa shape index (κ1) is 19.4. The van der Waals surface area contributed by atoms with Gasteiger partial charge in [0.25, 0.3) is 5.91 Å². The van der Waals surface area contributed by atoms with Gasteiger partial charge in [0, 0.05) is 11.3 Å². The third-order valence-electron chi connectivity index (χ3n) is 4.81. The first-order chi connectivity index (χ1) is 13.1. The van der Waals surface area contributed by atoms with Crippen LogP contribution in [0.1, 0.15) is 30.9 Å². The van der Waals surface area contributed by atoms with Gasteiger partial charge in [0.15, 0.2) is 6.61 Å². The minimum atomic E-state index is -0.158. The summed E-state index contributed by atoms with van der Waals surface area (Å²) in [6.45, 7) is 9.07. The summed E-state index contributed by atoms with van der Waals surface area (Å²) < 4.78 is 11.0. The highest BCUT2D eigenvalue weighted by molar-refractivity contribution is 5.91. The van der Waals surface area contributed by atoms with Gasteiger partial charge in [0.05, 0.1) is 13.2 Å². The van der Waals surface area contributed by atoms with Crippen LogP contribution in [0.3, 0.4) is 0 Å². The molecule has 1 fully saturated rings. The molecule has 1 aliphatic heterocycles. The van der Waals surface area contributed by atoms with Gasteiger partial charge in [-0.2, -0.15) is 0 Å². The summed E-state index contributed by atoms with van der Waals surface area (Å²) >= 11 is 0. The van der Waals surface area contributed by atoms with Gasteiger partial charge < -0.3 is 19.7 Å². The van der Waals surface area contributed by atoms with Crippen molar-refractivity contribution in [3.63, 3.8) is 0 Å². The second kappa shape index (κ2) is 9.53. The summed E-state index contributed by atoms with van der Waals surface area (Å²) in [7, 11) is 0. The summed E-state index contributed by atoms with van der Waals surface area (Å²) in [5.74, 6) is 1.03. The molecule has 5 nitrogen and oxygen atoms in total. The third kappa shape index (κ3) is 6.08. The van der Waals surface area contributed by atoms with Crippen molar-refractivity contribution in [1.29, 1.82) is 0 Å². The van der Waals surface area contributed by atoms with Crippen molar-refractivity contribution in [3.8, 4) is 5.75 Å². The highest BCUT2D eigenvalue weighted by atomic mass is 16.5. The number of amides is 1. The molecule has 1 aliphatic rings. The van der Waals surface area contributed by atoms with E-state index in [0.29, 0.717) is 11.7 Å². The predicted molar refractivity (Wildman–Crippen MR) is 106 cm³/mol. The third-order valence-corrected chi connectivity index (χ3v) is 4.81. The van der Waals surface area contributed by atoms with E-state index in [2.05, 4.69) is 31.3 Å². The molecule has 0 spiro atoms. The number of carbonyl (C=O) groups is 1. The average Bonchev–Trinajstić information content (AvgIpc) is 2.69. The summed E-state index contributed by atoms with van der Waals surface area (Å²) in [6.07, 6.45) is 0. The maximum Gasteiger partial charge on any atom is 0.262 e. The zero-order valence-corrected chi connectivity index (χ0v) is 16.2. The summed E-state index contributed by atoms with van der Waals surface area (Å²) in [4.78, 5) is 13.6. The van der Waals surface area contributed by atoms with Crippen LogP contribution in [0.2, 0.25) is 0 Å². The fourth-order valence-corrected chi connectivity index (χ4v) is 3.13. The van der Waals surface area contributed by atoms with Crippen LogP contribution in [0.5, 0.6) is 5.75 Å². The number of hydrogen-bond acceptors (Lipinski definition) is 3. The Bertz CT molecular complexity index is 720. The molecule has 2 N–H and O–H groups in total. The minimum Gasteiger partial charge on any atom is -0.484 e. The lowest BCUT2D eigenvalue weighted by Gasteiger charge is -2.23. The van der Waals surface area contributed by atoms with Crippen LogP contribution in [-0.2, 0) is 16.1 Å². The lowest BCUT2D eigenvalue weighted by atomic mass is 10.0. The molecule has 0 aromatic heterocycles. The van der Waals surface area contributed by atoms with Crippen molar-refractivity contribution in [1.82, 2.24) is 0 Å². The van der Waals surface area contributed by atoms with E-state index in [1.54, 1.807) is 0 Å². The van der Waals surface area contributed by atoms with Crippen molar-refractivity contribution in [2.45, 2.75) is 26.3 Å². The lowest BCUT2D eigenvalue weighted by Crippen LogP contribution is -3.12. The maximum absolute atomic E-state index is 12.1. The quantitative estimate of drug-likeness (QED) is 0.787. The Labute approximate surface area is 161 Å². The van der Waals surface area contributed by atoms with Gasteiger partial charge in [-0.05, 0) is 35.7 Å². The Balaban J connectivity index is 1.44. The number of carbonyl (C=O) groups excluding carboxylic acids is 1. The first-order valence-electron chi connectivity index (χ1n) is 9.63. The molecule has 27 heavy (non-hydrogen) atoms. The van der Waals surface area contributed by atoms with E-state index in [1.165, 1.54) is 16.0 Å². The number of benzene rings is 2. The zero-order valence-electron chi connectivity index (χ0n) is 16.2. The second-order valence-corrected chi connectivity index (χ2v) is 7.30. The van der Waals surface area contributed by atoms with Crippen molar-refractivity contribution in [3.05, 3.63) is 59.7 Å². The number of rotatable bonds is 7. The van der Waals surface area contributed by atoms with E-state index in [1.807, 2.05) is 36.4 Å². The molecule has 5 heteroatoms. The minimum absolute atomic E-state index is 0.000697. The van der Waals surface area contributed by atoms with Gasteiger partial charge >= 0.3 is 0 Å². The SMILES string of the molecule is CC(C)c1ccc(OCC(=O)Nc2ccc(C[NH+]3CCOCC3)cc2)cc1. The van der Waals surface area contributed by atoms with Crippen LogP contribution in [-0.4, -0.2) is 38.8 Å². The molecule has 144 valence electrons. The van der Waals surface area contributed by atoms with Crippen molar-refractivity contribution in [2.24, 2.45) is 0 Å². The number of hydrogen-bond donors (Lipinski definition) is 2. The Hall–Kier alpha value is -2.37. The molecular formula is C22H29N2O3+. The fourth-order valence-electron chi connectivity index (χ4n) is 3.13. The van der Waals surface area contributed by atoms with E-state index in [-0.39, 0.29) is 12.5 Å². The number of nitrogens with one attached hydrogen (secondary N) is 2. The molecule has 1 amide bonds. The molecular weight excluding hydrogens is 340 g/mol. The van der Waals surface area contributed by atoms with Crippen LogP contribution < -0.4 is 15.0 Å². The van der Waals surface area contributed by atoms with E-state index in [0.717, 1.165) is 38.5 Å². The molecule has 3 rings (SSSR count). The highest BCUT2D eigenvalue weighted by Crippen LogP contribution is 2.18. The van der Waals surface area contributed by atoms with E-state index in [9.17, 15) is 4.79 Å².